The number of carboxylic acid groups (broad SMARTS) is 1. The first kappa shape index (κ1) is 16.1. The van der Waals surface area contributed by atoms with Crippen molar-refractivity contribution in [1.29, 1.82) is 0 Å². The zero-order valence-electron chi connectivity index (χ0n) is 8.82. The first-order valence-corrected chi connectivity index (χ1v) is 4.07. The van der Waals surface area contributed by atoms with Gasteiger partial charge in [0.1, 0.15) is 11.5 Å². The monoisotopic (exact) mass is 259 g/mol. The largest absolute Gasteiger partial charge is 0.573 e. The van der Waals surface area contributed by atoms with Crippen molar-refractivity contribution in [3.63, 3.8) is 0 Å². The third kappa shape index (κ3) is 7.09. The van der Waals surface area contributed by atoms with Crippen LogP contribution in [0.25, 0.3) is 0 Å². The molecule has 0 aliphatic heterocycles. The smallest absolute Gasteiger partial charge is 0.482 e. The van der Waals surface area contributed by atoms with Gasteiger partial charge in [-0.3, -0.25) is 0 Å². The summed E-state index contributed by atoms with van der Waals surface area (Å²) in [6.45, 7) is -0.556. The maximum absolute atomic E-state index is 11.8. The van der Waals surface area contributed by atoms with Crippen LogP contribution in [0, 0.1) is 0 Å². The fourth-order valence-corrected chi connectivity index (χ4v) is 0.883. The number of halogens is 3. The van der Waals surface area contributed by atoms with Crippen molar-refractivity contribution in [2.75, 3.05) is 6.61 Å². The molecule has 0 spiro atoms. The van der Waals surface area contributed by atoms with E-state index in [2.05, 4.69) is 4.74 Å². The molecule has 0 unspecified atom stereocenters. The minimum absolute atomic E-state index is 0. The van der Waals surface area contributed by atoms with Crippen LogP contribution in [-0.4, -0.2) is 53.6 Å². The third-order valence-corrected chi connectivity index (χ3v) is 1.42. The maximum atomic E-state index is 11.8. The van der Waals surface area contributed by atoms with Crippen molar-refractivity contribution in [2.45, 2.75) is 6.36 Å². The van der Waals surface area contributed by atoms with Gasteiger partial charge in [0, 0.05) is 29.6 Å². The summed E-state index contributed by atoms with van der Waals surface area (Å²) in [5, 5.41) is 8.28. The predicted molar refractivity (Wildman–Crippen MR) is 52.0 cm³/mol. The van der Waals surface area contributed by atoms with E-state index in [4.69, 9.17) is 9.84 Å². The molecular weight excluding hydrogens is 252 g/mol. The summed E-state index contributed by atoms with van der Waals surface area (Å²) >= 11 is 0. The Labute approximate surface area is 117 Å². The van der Waals surface area contributed by atoms with E-state index in [-0.39, 0.29) is 35.3 Å². The van der Waals surface area contributed by atoms with Crippen LogP contribution in [0.3, 0.4) is 0 Å². The van der Waals surface area contributed by atoms with Gasteiger partial charge in [-0.15, -0.1) is 13.2 Å². The number of carbonyl (C=O) groups is 1. The Morgan fingerprint density at radius 2 is 1.65 bits per heavy atom. The molecule has 89 valence electrons. The Balaban J connectivity index is 0.00000256. The van der Waals surface area contributed by atoms with Crippen LogP contribution in [-0.2, 0) is 4.79 Å². The van der Waals surface area contributed by atoms with E-state index < -0.39 is 24.7 Å². The number of aliphatic carboxylic acids is 1. The van der Waals surface area contributed by atoms with Crippen LogP contribution in [0.2, 0.25) is 0 Å². The average molecular weight is 259 g/mol. The van der Waals surface area contributed by atoms with Crippen molar-refractivity contribution in [3.05, 3.63) is 24.3 Å². The van der Waals surface area contributed by atoms with E-state index in [1.807, 2.05) is 0 Å². The van der Waals surface area contributed by atoms with Gasteiger partial charge in [0.05, 0.1) is 0 Å². The third-order valence-electron chi connectivity index (χ3n) is 1.42. The molecule has 0 atom stereocenters. The Hall–Kier alpha value is -0.920. The summed E-state index contributed by atoms with van der Waals surface area (Å²) in [7, 11) is 0. The molecule has 1 aromatic carbocycles. The van der Waals surface area contributed by atoms with Crippen LogP contribution in [0.1, 0.15) is 0 Å². The molecule has 1 radical (unpaired) electrons. The first-order chi connectivity index (χ1) is 7.37. The van der Waals surface area contributed by atoms with E-state index in [0.717, 1.165) is 12.1 Å². The van der Waals surface area contributed by atoms with E-state index >= 15 is 0 Å². The summed E-state index contributed by atoms with van der Waals surface area (Å²) in [6, 6.07) is 4.43. The van der Waals surface area contributed by atoms with Gasteiger partial charge < -0.3 is 14.6 Å². The molecule has 0 aromatic heterocycles. The molecule has 4 nitrogen and oxygen atoms in total. The summed E-state index contributed by atoms with van der Waals surface area (Å²) in [6.07, 6.45) is -4.75. The van der Waals surface area contributed by atoms with Crippen LogP contribution in [0.4, 0.5) is 13.2 Å². The fourth-order valence-electron chi connectivity index (χ4n) is 0.883. The maximum Gasteiger partial charge on any atom is 0.573 e. The zero-order chi connectivity index (χ0) is 12.2. The van der Waals surface area contributed by atoms with Gasteiger partial charge in [0.15, 0.2) is 6.61 Å². The summed E-state index contributed by atoms with van der Waals surface area (Å²) in [5.74, 6) is -1.41. The zero-order valence-corrected chi connectivity index (χ0v) is 10.8. The van der Waals surface area contributed by atoms with Crippen LogP contribution < -0.4 is 9.47 Å². The minimum Gasteiger partial charge on any atom is -0.482 e. The van der Waals surface area contributed by atoms with Gasteiger partial charge in [-0.1, -0.05) is 0 Å². The van der Waals surface area contributed by atoms with Gasteiger partial charge in [-0.05, 0) is 24.3 Å². The van der Waals surface area contributed by atoms with Crippen molar-refractivity contribution in [3.8, 4) is 11.5 Å². The van der Waals surface area contributed by atoms with Gasteiger partial charge >= 0.3 is 12.3 Å². The van der Waals surface area contributed by atoms with E-state index in [1.165, 1.54) is 12.1 Å². The summed E-state index contributed by atoms with van der Waals surface area (Å²) in [5.41, 5.74) is 0. The Morgan fingerprint density at radius 1 is 1.18 bits per heavy atom. The number of alkyl halides is 3. The molecule has 0 bridgehead atoms. The van der Waals surface area contributed by atoms with Crippen LogP contribution in [0.5, 0.6) is 11.5 Å². The Kier molecular flexibility index (Phi) is 6.36. The van der Waals surface area contributed by atoms with Gasteiger partial charge in [-0.25, -0.2) is 4.79 Å². The molecule has 1 rings (SSSR count). The predicted octanol–water partition coefficient (Wildman–Crippen LogP) is 1.67. The Bertz CT molecular complexity index is 363. The van der Waals surface area contributed by atoms with Gasteiger partial charge in [0.2, 0.25) is 0 Å². The molecule has 8 heteroatoms. The number of hydrogen-bond donors (Lipinski definition) is 1. The van der Waals surface area contributed by atoms with Crippen LogP contribution in [0.15, 0.2) is 24.3 Å². The Morgan fingerprint density at radius 3 is 2.06 bits per heavy atom. The SMILES string of the molecule is O=C(O)COc1ccc(OC(F)(F)F)cc1.[Na]. The molecule has 1 aromatic rings. The fraction of sp³-hybridized carbons (Fsp3) is 0.222. The molecule has 0 fully saturated rings. The molecule has 17 heavy (non-hydrogen) atoms. The number of rotatable bonds is 4. The number of ether oxygens (including phenoxy) is 2. The second-order valence-corrected chi connectivity index (χ2v) is 2.70. The molecule has 0 saturated carbocycles. The molecule has 0 aliphatic rings. The standard InChI is InChI=1S/C9H7F3O4.Na/c10-9(11,12)16-7-3-1-6(2-4-7)15-5-8(13)14;/h1-4H,5H2,(H,13,14);. The molecule has 0 heterocycles. The summed E-state index contributed by atoms with van der Waals surface area (Å²) in [4.78, 5) is 10.1. The topological polar surface area (TPSA) is 55.8 Å². The van der Waals surface area contributed by atoms with Gasteiger partial charge in [-0.2, -0.15) is 0 Å². The van der Waals surface area contributed by atoms with E-state index in [1.54, 1.807) is 0 Å². The van der Waals surface area contributed by atoms with Crippen LogP contribution >= 0.6 is 0 Å². The molecule has 1 N–H and O–H groups in total. The van der Waals surface area contributed by atoms with E-state index in [0.29, 0.717) is 0 Å². The van der Waals surface area contributed by atoms with Gasteiger partial charge in [0.25, 0.3) is 0 Å². The molecule has 0 amide bonds. The average Bonchev–Trinajstić information content (AvgIpc) is 2.14. The second-order valence-electron chi connectivity index (χ2n) is 2.70. The minimum atomic E-state index is -4.75. The van der Waals surface area contributed by atoms with Crippen molar-refractivity contribution in [1.82, 2.24) is 0 Å². The normalized spacial score (nSPS) is 10.3. The molecule has 0 aliphatic carbocycles. The number of hydrogen-bond acceptors (Lipinski definition) is 3. The van der Waals surface area contributed by atoms with Crippen molar-refractivity contribution in [2.24, 2.45) is 0 Å². The van der Waals surface area contributed by atoms with Crippen molar-refractivity contribution < 1.29 is 32.5 Å². The molecular formula is C9H7F3NaO4. The van der Waals surface area contributed by atoms with E-state index in [9.17, 15) is 18.0 Å². The van der Waals surface area contributed by atoms with Crippen molar-refractivity contribution >= 4 is 35.5 Å². The number of carboxylic acids is 1. The molecule has 0 saturated heterocycles. The first-order valence-electron chi connectivity index (χ1n) is 4.07. The second kappa shape index (κ2) is 6.73. The quantitative estimate of drug-likeness (QED) is 0.835. The number of benzene rings is 1. The summed E-state index contributed by atoms with van der Waals surface area (Å²) < 4.78 is 43.6.